The highest BCUT2D eigenvalue weighted by molar-refractivity contribution is 7.99. The molecule has 8 nitrogen and oxygen atoms in total. The van der Waals surface area contributed by atoms with Gasteiger partial charge in [0, 0.05) is 48.9 Å². The van der Waals surface area contributed by atoms with Crippen molar-refractivity contribution < 1.29 is 4.79 Å². The molecule has 3 heterocycles. The summed E-state index contributed by atoms with van der Waals surface area (Å²) in [5, 5.41) is 6.18. The fraction of sp³-hybridized carbons (Fsp3) is 0.458. The van der Waals surface area contributed by atoms with E-state index in [4.69, 9.17) is 15.7 Å². The van der Waals surface area contributed by atoms with Crippen molar-refractivity contribution in [2.24, 2.45) is 10.7 Å². The second kappa shape index (κ2) is 10.8. The van der Waals surface area contributed by atoms with Gasteiger partial charge in [0.25, 0.3) is 5.91 Å². The van der Waals surface area contributed by atoms with Crippen LogP contribution in [0, 0.1) is 11.8 Å². The first-order valence-electron chi connectivity index (χ1n) is 11.3. The van der Waals surface area contributed by atoms with E-state index in [0.29, 0.717) is 31.1 Å². The first-order valence-corrected chi connectivity index (χ1v) is 12.3. The quantitative estimate of drug-likeness (QED) is 0.566. The van der Waals surface area contributed by atoms with Crippen LogP contribution >= 0.6 is 11.8 Å². The van der Waals surface area contributed by atoms with Crippen LogP contribution in [-0.4, -0.2) is 66.2 Å². The number of rotatable bonds is 6. The Balaban J connectivity index is 1.61. The number of benzene rings is 1. The van der Waals surface area contributed by atoms with Crippen LogP contribution in [0.15, 0.2) is 34.2 Å². The van der Waals surface area contributed by atoms with Crippen LogP contribution in [0.5, 0.6) is 0 Å². The average Bonchev–Trinajstić information content (AvgIpc) is 3.08. The number of nitrogens with one attached hydrogen (secondary N) is 2. The van der Waals surface area contributed by atoms with Crippen molar-refractivity contribution in [3.63, 3.8) is 0 Å². The Labute approximate surface area is 199 Å². The van der Waals surface area contributed by atoms with Gasteiger partial charge in [-0.3, -0.25) is 14.4 Å². The predicted octanol–water partition coefficient (Wildman–Crippen LogP) is 2.20. The maximum Gasteiger partial charge on any atom is 0.272 e. The summed E-state index contributed by atoms with van der Waals surface area (Å²) < 4.78 is 1.90. The van der Waals surface area contributed by atoms with Crippen LogP contribution < -0.4 is 21.3 Å². The molecule has 4 rings (SSSR count). The van der Waals surface area contributed by atoms with Gasteiger partial charge in [0.05, 0.1) is 18.8 Å². The Kier molecular flexibility index (Phi) is 7.57. The molecule has 1 aromatic heterocycles. The minimum absolute atomic E-state index is 0.0997. The number of hydrogen-bond donors (Lipinski definition) is 3. The number of carbonyl (C=O) groups is 1. The van der Waals surface area contributed by atoms with Crippen LogP contribution in [0.4, 0.5) is 11.8 Å². The third-order valence-corrected chi connectivity index (χ3v) is 6.87. The zero-order valence-corrected chi connectivity index (χ0v) is 20.0. The lowest BCUT2D eigenvalue weighted by Crippen LogP contribution is -2.44. The molecule has 0 radical (unpaired) electrons. The lowest BCUT2D eigenvalue weighted by molar-refractivity contribution is 0.0951. The zero-order chi connectivity index (χ0) is 23.2. The monoisotopic (exact) mass is 465 g/mol. The number of imidazole rings is 1. The number of fused-ring (bicyclic) bond motifs is 1. The van der Waals surface area contributed by atoms with Gasteiger partial charge in [0.1, 0.15) is 0 Å². The minimum Gasteiger partial charge on any atom is -0.371 e. The van der Waals surface area contributed by atoms with E-state index < -0.39 is 0 Å². The van der Waals surface area contributed by atoms with E-state index in [1.165, 1.54) is 4.90 Å². The number of piperidine rings is 1. The van der Waals surface area contributed by atoms with Crippen molar-refractivity contribution >= 4 is 35.1 Å². The highest BCUT2D eigenvalue weighted by Gasteiger charge is 2.28. The number of carbonyl (C=O) groups excluding carboxylic acids is 1. The number of aliphatic imine (C=N–C) groups is 1. The molecule has 0 bridgehead atoms. The first-order chi connectivity index (χ1) is 16.1. The molecular weight excluding hydrogens is 434 g/mol. The molecule has 0 aliphatic carbocycles. The Bertz CT molecular complexity index is 1100. The lowest BCUT2D eigenvalue weighted by atomic mass is 10.1. The summed E-state index contributed by atoms with van der Waals surface area (Å²) in [6.45, 7) is 4.84. The van der Waals surface area contributed by atoms with Gasteiger partial charge < -0.3 is 21.3 Å². The number of aromatic nitrogens is 2. The van der Waals surface area contributed by atoms with E-state index in [1.807, 2.05) is 16.7 Å². The summed E-state index contributed by atoms with van der Waals surface area (Å²) >= 11 is 1.80. The molecule has 9 heteroatoms. The van der Waals surface area contributed by atoms with E-state index in [2.05, 4.69) is 39.5 Å². The number of nitrogens with two attached hydrogens (primary N) is 1. The molecule has 1 aromatic carbocycles. The maximum absolute atomic E-state index is 13.4. The molecule has 1 saturated heterocycles. The standard InChI is InChI=1S/C24H31N7OS/c1-3-4-13-31-21(22(26-2)29-24(31)30-12-7-8-17(25)16-30)23(32)28-15-19-18-9-5-6-10-20(18)33-14-11-27-19/h5-6,9-10,17,26H,7-8,11-16,25H2,1-2H3,(H,28,32). The number of nitrogens with zero attached hydrogens (tertiary/aromatic N) is 4. The highest BCUT2D eigenvalue weighted by Crippen LogP contribution is 2.27. The molecular formula is C24H31N7OS. The number of amides is 1. The van der Waals surface area contributed by atoms with Crippen molar-refractivity contribution in [1.29, 1.82) is 0 Å². The lowest BCUT2D eigenvalue weighted by Gasteiger charge is -2.31. The smallest absolute Gasteiger partial charge is 0.272 e. The molecule has 4 N–H and O–H groups in total. The molecule has 174 valence electrons. The van der Waals surface area contributed by atoms with Gasteiger partial charge in [0.2, 0.25) is 5.95 Å². The molecule has 2 aromatic rings. The molecule has 1 fully saturated rings. The Morgan fingerprint density at radius 3 is 3.00 bits per heavy atom. The van der Waals surface area contributed by atoms with Gasteiger partial charge in [0.15, 0.2) is 11.5 Å². The van der Waals surface area contributed by atoms with Gasteiger partial charge in [-0.15, -0.1) is 17.7 Å². The summed E-state index contributed by atoms with van der Waals surface area (Å²) in [7, 11) is 1.78. The summed E-state index contributed by atoms with van der Waals surface area (Å²) in [5.74, 6) is 8.04. The predicted molar refractivity (Wildman–Crippen MR) is 136 cm³/mol. The number of thioether (sulfide) groups is 1. The molecule has 2 aliphatic rings. The molecule has 33 heavy (non-hydrogen) atoms. The summed E-state index contributed by atoms with van der Waals surface area (Å²) in [4.78, 5) is 26.3. The van der Waals surface area contributed by atoms with E-state index in [0.717, 1.165) is 48.9 Å². The maximum atomic E-state index is 13.4. The summed E-state index contributed by atoms with van der Waals surface area (Å²) in [6, 6.07) is 8.32. The van der Waals surface area contributed by atoms with Crippen molar-refractivity contribution in [3.8, 4) is 11.8 Å². The molecule has 1 amide bonds. The fourth-order valence-corrected chi connectivity index (χ4v) is 5.16. The Morgan fingerprint density at radius 1 is 1.36 bits per heavy atom. The number of anilines is 2. The van der Waals surface area contributed by atoms with Gasteiger partial charge in [-0.25, -0.2) is 0 Å². The number of hydrogen-bond acceptors (Lipinski definition) is 7. The van der Waals surface area contributed by atoms with Crippen molar-refractivity contribution in [1.82, 2.24) is 14.9 Å². The van der Waals surface area contributed by atoms with E-state index in [9.17, 15) is 4.79 Å². The largest absolute Gasteiger partial charge is 0.371 e. The van der Waals surface area contributed by atoms with E-state index >= 15 is 0 Å². The van der Waals surface area contributed by atoms with Crippen molar-refractivity contribution in [2.45, 2.75) is 37.2 Å². The van der Waals surface area contributed by atoms with Crippen LogP contribution in [0.2, 0.25) is 0 Å². The minimum atomic E-state index is -0.200. The fourth-order valence-electron chi connectivity index (χ4n) is 4.24. The van der Waals surface area contributed by atoms with Gasteiger partial charge in [-0.1, -0.05) is 24.1 Å². The SMILES string of the molecule is CC#CCn1c(N2CCCC(N)C2)nc(NC)c1C(=O)NCC1=NCCSc2ccccc21. The molecule has 0 saturated carbocycles. The topological polar surface area (TPSA) is 101 Å². The van der Waals surface area contributed by atoms with Crippen LogP contribution in [0.3, 0.4) is 0 Å². The third kappa shape index (κ3) is 5.18. The van der Waals surface area contributed by atoms with Gasteiger partial charge in [-0.05, 0) is 25.8 Å². The van der Waals surface area contributed by atoms with Crippen molar-refractivity contribution in [2.75, 3.05) is 49.2 Å². The normalized spacial score (nSPS) is 17.8. The van der Waals surface area contributed by atoms with E-state index in [-0.39, 0.29) is 11.9 Å². The highest BCUT2D eigenvalue weighted by atomic mass is 32.2. The molecule has 1 unspecified atom stereocenters. The molecule has 2 aliphatic heterocycles. The van der Waals surface area contributed by atoms with Gasteiger partial charge in [-0.2, -0.15) is 4.98 Å². The van der Waals surface area contributed by atoms with Crippen LogP contribution in [-0.2, 0) is 6.54 Å². The Hall–Kier alpha value is -2.96. The Morgan fingerprint density at radius 2 is 2.21 bits per heavy atom. The van der Waals surface area contributed by atoms with Crippen LogP contribution in [0.1, 0.15) is 35.8 Å². The second-order valence-corrected chi connectivity index (χ2v) is 9.21. The summed E-state index contributed by atoms with van der Waals surface area (Å²) in [5.41, 5.74) is 8.68. The van der Waals surface area contributed by atoms with E-state index in [1.54, 1.807) is 25.7 Å². The third-order valence-electron chi connectivity index (χ3n) is 5.82. The molecule has 1 atom stereocenters. The average molecular weight is 466 g/mol. The van der Waals surface area contributed by atoms with Crippen LogP contribution in [0.25, 0.3) is 0 Å². The summed E-state index contributed by atoms with van der Waals surface area (Å²) in [6.07, 6.45) is 2.00. The zero-order valence-electron chi connectivity index (χ0n) is 19.2. The van der Waals surface area contributed by atoms with Gasteiger partial charge >= 0.3 is 0 Å². The van der Waals surface area contributed by atoms with Crippen molar-refractivity contribution in [3.05, 3.63) is 35.5 Å². The second-order valence-electron chi connectivity index (χ2n) is 8.08. The first kappa shape index (κ1) is 23.2. The molecule has 0 spiro atoms.